The second-order valence-corrected chi connectivity index (χ2v) is 7.23. The Morgan fingerprint density at radius 3 is 2.36 bits per heavy atom. The summed E-state index contributed by atoms with van der Waals surface area (Å²) < 4.78 is 0. The number of Topliss-reactive ketones (excluding diaryl/α,β-unsaturated/α-hetero) is 1. The van der Waals surface area contributed by atoms with Crippen LogP contribution in [0.2, 0.25) is 0 Å². The second-order valence-electron chi connectivity index (χ2n) is 7.23. The molecule has 0 aliphatic heterocycles. The van der Waals surface area contributed by atoms with Gasteiger partial charge in [-0.25, -0.2) is 0 Å². The van der Waals surface area contributed by atoms with Crippen LogP contribution in [0.3, 0.4) is 0 Å². The molecule has 144 valence electrons. The second kappa shape index (κ2) is 12.2. The van der Waals surface area contributed by atoms with E-state index in [1.54, 1.807) is 0 Å². The van der Waals surface area contributed by atoms with Gasteiger partial charge in [0, 0.05) is 19.3 Å². The van der Waals surface area contributed by atoms with Crippen LogP contribution in [0.15, 0.2) is 12.2 Å². The molecule has 0 aromatic carbocycles. The Labute approximate surface area is 151 Å². The Hall–Kier alpha value is -1.20. The zero-order valence-corrected chi connectivity index (χ0v) is 15.4. The number of carboxylic acids is 1. The van der Waals surface area contributed by atoms with Crippen LogP contribution in [0.4, 0.5) is 0 Å². The van der Waals surface area contributed by atoms with E-state index in [9.17, 15) is 19.8 Å². The van der Waals surface area contributed by atoms with E-state index >= 15 is 0 Å². The van der Waals surface area contributed by atoms with Gasteiger partial charge in [-0.3, -0.25) is 9.59 Å². The van der Waals surface area contributed by atoms with Crippen molar-refractivity contribution >= 4 is 11.8 Å². The number of rotatable bonds is 13. The zero-order chi connectivity index (χ0) is 18.7. The molecular weight excluding hydrogens is 320 g/mol. The summed E-state index contributed by atoms with van der Waals surface area (Å²) in [6, 6.07) is 0. The molecule has 0 spiro atoms. The van der Waals surface area contributed by atoms with E-state index in [0.29, 0.717) is 44.9 Å². The number of hydrogen-bond acceptors (Lipinski definition) is 4. The summed E-state index contributed by atoms with van der Waals surface area (Å²) in [7, 11) is 0. The fourth-order valence-electron chi connectivity index (χ4n) is 3.67. The number of carbonyl (C=O) groups excluding carboxylic acids is 1. The van der Waals surface area contributed by atoms with Crippen LogP contribution >= 0.6 is 0 Å². The van der Waals surface area contributed by atoms with Gasteiger partial charge in [0.25, 0.3) is 0 Å². The van der Waals surface area contributed by atoms with Gasteiger partial charge in [0.05, 0.1) is 12.2 Å². The van der Waals surface area contributed by atoms with E-state index in [4.69, 9.17) is 5.11 Å². The first-order valence-corrected chi connectivity index (χ1v) is 9.70. The predicted octanol–water partition coefficient (Wildman–Crippen LogP) is 3.48. The van der Waals surface area contributed by atoms with Crippen molar-refractivity contribution in [2.24, 2.45) is 11.8 Å². The number of allylic oxidation sites excluding steroid dienone is 2. The van der Waals surface area contributed by atoms with E-state index in [1.807, 2.05) is 12.2 Å². The lowest BCUT2D eigenvalue weighted by atomic mass is 9.86. The molecule has 0 heterocycles. The average Bonchev–Trinajstić information content (AvgIpc) is 2.82. The molecule has 1 rings (SSSR count). The van der Waals surface area contributed by atoms with Crippen LogP contribution in [0, 0.1) is 11.8 Å². The highest BCUT2D eigenvalue weighted by molar-refractivity contribution is 5.78. The molecule has 25 heavy (non-hydrogen) atoms. The van der Waals surface area contributed by atoms with Crippen molar-refractivity contribution in [3.05, 3.63) is 12.2 Å². The Balaban J connectivity index is 2.38. The Morgan fingerprint density at radius 2 is 1.68 bits per heavy atom. The quantitative estimate of drug-likeness (QED) is 0.348. The van der Waals surface area contributed by atoms with Gasteiger partial charge in [0.2, 0.25) is 0 Å². The van der Waals surface area contributed by atoms with Gasteiger partial charge in [-0.05, 0) is 50.4 Å². The van der Waals surface area contributed by atoms with E-state index in [1.165, 1.54) is 0 Å². The van der Waals surface area contributed by atoms with Crippen molar-refractivity contribution in [3.63, 3.8) is 0 Å². The minimum Gasteiger partial charge on any atom is -0.481 e. The highest BCUT2D eigenvalue weighted by Crippen LogP contribution is 2.38. The average molecular weight is 354 g/mol. The van der Waals surface area contributed by atoms with E-state index in [2.05, 4.69) is 6.92 Å². The Bertz CT molecular complexity index is 432. The summed E-state index contributed by atoms with van der Waals surface area (Å²) in [5.41, 5.74) is 0. The lowest BCUT2D eigenvalue weighted by Gasteiger charge is -2.22. The number of aliphatic carboxylic acids is 1. The molecule has 5 nitrogen and oxygen atoms in total. The molecule has 0 amide bonds. The number of unbranched alkanes of at least 4 members (excludes halogenated alkanes) is 3. The van der Waals surface area contributed by atoms with Crippen LogP contribution in [0.5, 0.6) is 0 Å². The highest BCUT2D eigenvalue weighted by atomic mass is 16.4. The molecule has 0 saturated heterocycles. The Morgan fingerprint density at radius 1 is 0.960 bits per heavy atom. The summed E-state index contributed by atoms with van der Waals surface area (Å²) in [6.45, 7) is 2.11. The summed E-state index contributed by atoms with van der Waals surface area (Å²) in [4.78, 5) is 22.4. The minimum absolute atomic E-state index is 0.0193. The lowest BCUT2D eigenvalue weighted by Crippen LogP contribution is -2.22. The fraction of sp³-hybridized carbons (Fsp3) is 0.800. The van der Waals surface area contributed by atoms with Crippen molar-refractivity contribution in [1.29, 1.82) is 0 Å². The van der Waals surface area contributed by atoms with Crippen LogP contribution in [-0.4, -0.2) is 39.3 Å². The first-order valence-electron chi connectivity index (χ1n) is 9.70. The van der Waals surface area contributed by atoms with Gasteiger partial charge < -0.3 is 15.3 Å². The van der Waals surface area contributed by atoms with Crippen molar-refractivity contribution in [2.75, 3.05) is 0 Å². The molecular formula is C20H34O5. The number of carboxylic acid groups (broad SMARTS) is 1. The molecule has 0 radical (unpaired) electrons. The van der Waals surface area contributed by atoms with E-state index in [0.717, 1.165) is 19.3 Å². The van der Waals surface area contributed by atoms with Crippen molar-refractivity contribution in [2.45, 2.75) is 89.8 Å². The SMILES string of the molecule is CCCCCC(=O)CC[C@@H]1[C@H](CC=CCCCC(=O)O)[C@@H](O)C[C@H]1O. The van der Waals surface area contributed by atoms with Gasteiger partial charge in [0.15, 0.2) is 0 Å². The summed E-state index contributed by atoms with van der Waals surface area (Å²) >= 11 is 0. The molecule has 1 aliphatic carbocycles. The topological polar surface area (TPSA) is 94.8 Å². The molecule has 1 aliphatic rings. The van der Waals surface area contributed by atoms with Crippen molar-refractivity contribution in [3.8, 4) is 0 Å². The smallest absolute Gasteiger partial charge is 0.303 e. The standard InChI is InChI=1S/C20H34O5/c1-2-3-6-9-15(21)12-13-17-16(18(22)14-19(17)23)10-7-4-5-8-11-20(24)25/h4,7,16-19,22-23H,2-3,5-6,8-14H2,1H3,(H,24,25)/t16-,17+,18-,19+/m0/s1. The van der Waals surface area contributed by atoms with Gasteiger partial charge in [-0.1, -0.05) is 31.9 Å². The van der Waals surface area contributed by atoms with Gasteiger partial charge >= 0.3 is 5.97 Å². The monoisotopic (exact) mass is 354 g/mol. The minimum atomic E-state index is -0.786. The van der Waals surface area contributed by atoms with Crippen LogP contribution in [-0.2, 0) is 9.59 Å². The lowest BCUT2D eigenvalue weighted by molar-refractivity contribution is -0.137. The number of hydrogen-bond donors (Lipinski definition) is 3. The van der Waals surface area contributed by atoms with Crippen LogP contribution in [0.25, 0.3) is 0 Å². The fourth-order valence-corrected chi connectivity index (χ4v) is 3.67. The molecule has 1 fully saturated rings. The highest BCUT2D eigenvalue weighted by Gasteiger charge is 2.40. The molecule has 0 aromatic heterocycles. The maximum atomic E-state index is 12.0. The molecule has 0 aromatic rings. The van der Waals surface area contributed by atoms with Crippen LogP contribution in [0.1, 0.15) is 77.6 Å². The van der Waals surface area contributed by atoms with E-state index < -0.39 is 18.2 Å². The third-order valence-electron chi connectivity index (χ3n) is 5.17. The number of aliphatic hydroxyl groups is 2. The largest absolute Gasteiger partial charge is 0.481 e. The third-order valence-corrected chi connectivity index (χ3v) is 5.17. The zero-order valence-electron chi connectivity index (χ0n) is 15.4. The van der Waals surface area contributed by atoms with Crippen molar-refractivity contribution in [1.82, 2.24) is 0 Å². The molecule has 0 unspecified atom stereocenters. The maximum Gasteiger partial charge on any atom is 0.303 e. The predicted molar refractivity (Wildman–Crippen MR) is 97.2 cm³/mol. The molecule has 0 bridgehead atoms. The van der Waals surface area contributed by atoms with Gasteiger partial charge in [-0.15, -0.1) is 0 Å². The van der Waals surface area contributed by atoms with Gasteiger partial charge in [-0.2, -0.15) is 0 Å². The van der Waals surface area contributed by atoms with Crippen molar-refractivity contribution < 1.29 is 24.9 Å². The summed E-state index contributed by atoms with van der Waals surface area (Å²) in [5, 5.41) is 29.0. The third kappa shape index (κ3) is 8.63. The maximum absolute atomic E-state index is 12.0. The van der Waals surface area contributed by atoms with Gasteiger partial charge in [0.1, 0.15) is 5.78 Å². The first-order chi connectivity index (χ1) is 12.0. The number of ketones is 1. The summed E-state index contributed by atoms with van der Waals surface area (Å²) in [5.74, 6) is -0.584. The first kappa shape index (κ1) is 21.8. The molecule has 3 N–H and O–H groups in total. The molecule has 5 heteroatoms. The van der Waals surface area contributed by atoms with E-state index in [-0.39, 0.29) is 24.0 Å². The Kier molecular flexibility index (Phi) is 10.7. The van der Waals surface area contributed by atoms with Crippen LogP contribution < -0.4 is 0 Å². The molecule has 1 saturated carbocycles. The number of carbonyl (C=O) groups is 2. The summed E-state index contributed by atoms with van der Waals surface area (Å²) in [6.07, 6.45) is 10.2. The molecule has 4 atom stereocenters. The number of aliphatic hydroxyl groups excluding tert-OH is 2. The normalized spacial score (nSPS) is 26.4.